The molecule has 0 aromatic carbocycles. The molecule has 0 spiro atoms. The minimum Gasteiger partial charge on any atom is -0.480 e. The number of carbonyl (C=O) groups excluding carboxylic acids is 1. The van der Waals surface area contributed by atoms with E-state index in [2.05, 4.69) is 5.32 Å². The van der Waals surface area contributed by atoms with Crippen LogP contribution < -0.4 is 5.32 Å². The molecule has 1 fully saturated rings. The van der Waals surface area contributed by atoms with Gasteiger partial charge in [0, 0.05) is 35.4 Å². The van der Waals surface area contributed by atoms with E-state index in [0.29, 0.717) is 19.5 Å². The summed E-state index contributed by atoms with van der Waals surface area (Å²) < 4.78 is 11.2. The number of amides is 2. The molecule has 4 atom stereocenters. The van der Waals surface area contributed by atoms with Crippen LogP contribution in [0.15, 0.2) is 0 Å². The smallest absolute Gasteiger partial charge is 0.326 e. The van der Waals surface area contributed by atoms with Crippen molar-refractivity contribution in [3.8, 4) is 0 Å². The van der Waals surface area contributed by atoms with Crippen LogP contribution in [0.25, 0.3) is 0 Å². The van der Waals surface area contributed by atoms with Gasteiger partial charge in [0.15, 0.2) is 0 Å². The molecule has 0 aliphatic carbocycles. The zero-order chi connectivity index (χ0) is 13.9. The van der Waals surface area contributed by atoms with Gasteiger partial charge in [0.25, 0.3) is 0 Å². The van der Waals surface area contributed by atoms with Crippen molar-refractivity contribution >= 4 is 22.8 Å². The molecule has 2 N–H and O–H groups in total. The van der Waals surface area contributed by atoms with Gasteiger partial charge in [-0.05, 0) is 19.3 Å². The Bertz CT molecular complexity index is 361. The fourth-order valence-electron chi connectivity index (χ4n) is 2.00. The zero-order valence-electron chi connectivity index (χ0n) is 10.9. The van der Waals surface area contributed by atoms with Crippen molar-refractivity contribution in [1.29, 1.82) is 0 Å². The predicted molar refractivity (Wildman–Crippen MR) is 68.8 cm³/mol. The molecule has 7 heteroatoms. The van der Waals surface area contributed by atoms with Gasteiger partial charge >= 0.3 is 12.0 Å². The van der Waals surface area contributed by atoms with Gasteiger partial charge in [-0.3, -0.25) is 4.21 Å². The minimum absolute atomic E-state index is 0.0361. The van der Waals surface area contributed by atoms with E-state index < -0.39 is 22.8 Å². The molecule has 2 amide bonds. The second-order valence-corrected chi connectivity index (χ2v) is 6.54. The molecule has 1 saturated heterocycles. The molecule has 1 aliphatic rings. The molecular weight excluding hydrogens is 256 g/mol. The number of rotatable bonds is 4. The van der Waals surface area contributed by atoms with Gasteiger partial charge in [-0.25, -0.2) is 9.59 Å². The lowest BCUT2D eigenvalue weighted by molar-refractivity contribution is -0.142. The van der Waals surface area contributed by atoms with E-state index in [1.165, 1.54) is 4.90 Å². The summed E-state index contributed by atoms with van der Waals surface area (Å²) >= 11 is 0. The standard InChI is InChI=1S/C11H20N2O4S/c1-7-4-5-13(9(7)10(14)15)11(16)12-6-8(2)18(3)17/h7-9H,4-6H2,1-3H3,(H,12,16)(H,14,15). The van der Waals surface area contributed by atoms with Crippen LogP contribution in [0.3, 0.4) is 0 Å². The Balaban J connectivity index is 2.56. The Morgan fingerprint density at radius 2 is 2.17 bits per heavy atom. The van der Waals surface area contributed by atoms with Crippen molar-refractivity contribution in [1.82, 2.24) is 10.2 Å². The topological polar surface area (TPSA) is 86.7 Å². The molecule has 1 heterocycles. The van der Waals surface area contributed by atoms with Crippen LogP contribution in [0.2, 0.25) is 0 Å². The number of likely N-dealkylation sites (tertiary alicyclic amines) is 1. The van der Waals surface area contributed by atoms with Crippen LogP contribution in [0, 0.1) is 5.92 Å². The fourth-order valence-corrected chi connectivity index (χ4v) is 2.32. The minimum atomic E-state index is -1.00. The van der Waals surface area contributed by atoms with E-state index in [-0.39, 0.29) is 17.2 Å². The summed E-state index contributed by atoms with van der Waals surface area (Å²) in [6, 6.07) is -1.14. The number of aliphatic carboxylic acids is 1. The van der Waals surface area contributed by atoms with Crippen LogP contribution in [-0.2, 0) is 15.6 Å². The zero-order valence-corrected chi connectivity index (χ0v) is 11.7. The van der Waals surface area contributed by atoms with E-state index in [9.17, 15) is 13.8 Å². The highest BCUT2D eigenvalue weighted by atomic mass is 32.2. The molecule has 0 aromatic rings. The largest absolute Gasteiger partial charge is 0.480 e. The molecule has 104 valence electrons. The third-order valence-electron chi connectivity index (χ3n) is 3.32. The number of hydrogen-bond acceptors (Lipinski definition) is 3. The second kappa shape index (κ2) is 6.17. The average Bonchev–Trinajstić information content (AvgIpc) is 2.67. The first-order chi connectivity index (χ1) is 8.34. The number of urea groups is 1. The van der Waals surface area contributed by atoms with Gasteiger partial charge in [0.05, 0.1) is 0 Å². The second-order valence-electron chi connectivity index (χ2n) is 4.74. The number of carboxylic acids is 1. The van der Waals surface area contributed by atoms with E-state index in [0.717, 1.165) is 0 Å². The van der Waals surface area contributed by atoms with Crippen LogP contribution in [0.4, 0.5) is 4.79 Å². The molecule has 1 aliphatic heterocycles. The van der Waals surface area contributed by atoms with Gasteiger partial charge in [0.1, 0.15) is 6.04 Å². The summed E-state index contributed by atoms with van der Waals surface area (Å²) in [5.41, 5.74) is 0. The normalized spacial score (nSPS) is 26.7. The Morgan fingerprint density at radius 3 is 2.67 bits per heavy atom. The van der Waals surface area contributed by atoms with Crippen molar-refractivity contribution in [2.75, 3.05) is 19.3 Å². The first kappa shape index (κ1) is 14.9. The van der Waals surface area contributed by atoms with Crippen molar-refractivity contribution in [2.45, 2.75) is 31.6 Å². The molecular formula is C11H20N2O4S. The summed E-state index contributed by atoms with van der Waals surface area (Å²) in [4.78, 5) is 24.3. The lowest BCUT2D eigenvalue weighted by atomic mass is 10.0. The van der Waals surface area contributed by atoms with E-state index in [4.69, 9.17) is 5.11 Å². The predicted octanol–water partition coefficient (Wildman–Crippen LogP) is 0.258. The van der Waals surface area contributed by atoms with Crippen molar-refractivity contribution in [3.63, 3.8) is 0 Å². The maximum Gasteiger partial charge on any atom is 0.326 e. The quantitative estimate of drug-likeness (QED) is 0.771. The Labute approximate surface area is 109 Å². The van der Waals surface area contributed by atoms with Crippen molar-refractivity contribution in [2.24, 2.45) is 5.92 Å². The first-order valence-electron chi connectivity index (χ1n) is 5.94. The number of carboxylic acid groups (broad SMARTS) is 1. The third-order valence-corrected chi connectivity index (χ3v) is 4.62. The summed E-state index contributed by atoms with van der Waals surface area (Å²) in [5, 5.41) is 11.6. The molecule has 1 rings (SSSR count). The molecule has 0 radical (unpaired) electrons. The molecule has 0 saturated carbocycles. The Kier molecular flexibility index (Phi) is 5.13. The van der Waals surface area contributed by atoms with Crippen LogP contribution in [0.1, 0.15) is 20.3 Å². The SMILES string of the molecule is CC1CCN(C(=O)NCC(C)S(C)=O)C1C(=O)O. The van der Waals surface area contributed by atoms with Crippen LogP contribution in [-0.4, -0.2) is 56.9 Å². The number of nitrogens with one attached hydrogen (secondary N) is 1. The number of nitrogens with zero attached hydrogens (tertiary/aromatic N) is 1. The van der Waals surface area contributed by atoms with Crippen molar-refractivity contribution < 1.29 is 18.9 Å². The maximum absolute atomic E-state index is 11.9. The summed E-state index contributed by atoms with van der Waals surface area (Å²) in [6.45, 7) is 4.35. The van der Waals surface area contributed by atoms with E-state index in [1.807, 2.05) is 6.92 Å². The van der Waals surface area contributed by atoms with Gasteiger partial charge < -0.3 is 15.3 Å². The Morgan fingerprint density at radius 1 is 1.56 bits per heavy atom. The molecule has 4 unspecified atom stereocenters. The van der Waals surface area contributed by atoms with Gasteiger partial charge in [-0.1, -0.05) is 6.92 Å². The monoisotopic (exact) mass is 276 g/mol. The molecule has 18 heavy (non-hydrogen) atoms. The molecule has 0 aromatic heterocycles. The highest BCUT2D eigenvalue weighted by molar-refractivity contribution is 7.84. The lowest BCUT2D eigenvalue weighted by Crippen LogP contribution is -2.49. The summed E-state index contributed by atoms with van der Waals surface area (Å²) in [5.74, 6) is -1.01. The average molecular weight is 276 g/mol. The third kappa shape index (κ3) is 3.44. The highest BCUT2D eigenvalue weighted by Crippen LogP contribution is 2.23. The fraction of sp³-hybridized carbons (Fsp3) is 0.818. The van der Waals surface area contributed by atoms with E-state index in [1.54, 1.807) is 13.2 Å². The Hall–Kier alpha value is -1.11. The maximum atomic E-state index is 11.9. The highest BCUT2D eigenvalue weighted by Gasteiger charge is 2.39. The van der Waals surface area contributed by atoms with Gasteiger partial charge in [-0.2, -0.15) is 0 Å². The summed E-state index contributed by atoms with van der Waals surface area (Å²) in [6.07, 6.45) is 2.27. The molecule has 6 nitrogen and oxygen atoms in total. The van der Waals surface area contributed by atoms with Gasteiger partial charge in [-0.15, -0.1) is 0 Å². The molecule has 0 bridgehead atoms. The summed E-state index contributed by atoms with van der Waals surface area (Å²) in [7, 11) is -1.00. The van der Waals surface area contributed by atoms with E-state index >= 15 is 0 Å². The number of hydrogen-bond donors (Lipinski definition) is 2. The lowest BCUT2D eigenvalue weighted by Gasteiger charge is -2.24. The number of carbonyl (C=O) groups is 2. The first-order valence-corrected chi connectivity index (χ1v) is 7.56. The van der Waals surface area contributed by atoms with Crippen LogP contribution >= 0.6 is 0 Å². The van der Waals surface area contributed by atoms with Crippen LogP contribution in [0.5, 0.6) is 0 Å². The van der Waals surface area contributed by atoms with Crippen molar-refractivity contribution in [3.05, 3.63) is 0 Å². The van der Waals surface area contributed by atoms with Gasteiger partial charge in [0.2, 0.25) is 0 Å².